The number of carbonyl (C=O) groups is 1. The van der Waals surface area contributed by atoms with Gasteiger partial charge in [-0.15, -0.1) is 0 Å². The number of amides is 1. The third kappa shape index (κ3) is 5.62. The van der Waals surface area contributed by atoms with Crippen molar-refractivity contribution in [1.29, 1.82) is 0 Å². The maximum atomic E-state index is 13.5. The van der Waals surface area contributed by atoms with E-state index < -0.39 is 0 Å². The highest BCUT2D eigenvalue weighted by Crippen LogP contribution is 2.09. The molecule has 0 atom stereocenters. The molecule has 0 aliphatic rings. The monoisotopic (exact) mass is 331 g/mol. The van der Waals surface area contributed by atoms with Gasteiger partial charge in [-0.3, -0.25) is 4.79 Å². The number of ether oxygens (including phenoxy) is 1. The summed E-state index contributed by atoms with van der Waals surface area (Å²) in [5.74, 6) is 0.298. The molecule has 5 nitrogen and oxygen atoms in total. The van der Waals surface area contributed by atoms with Gasteiger partial charge in [-0.1, -0.05) is 18.2 Å². The fourth-order valence-electron chi connectivity index (χ4n) is 2.18. The number of pyridine rings is 1. The first-order valence-electron chi connectivity index (χ1n) is 7.91. The number of carbonyl (C=O) groups excluding carboxylic acids is 1. The molecule has 24 heavy (non-hydrogen) atoms. The molecule has 0 saturated carbocycles. The molecule has 6 heteroatoms. The van der Waals surface area contributed by atoms with Gasteiger partial charge in [0, 0.05) is 33.0 Å². The Kier molecular flexibility index (Phi) is 7.17. The number of anilines is 1. The van der Waals surface area contributed by atoms with Crippen molar-refractivity contribution in [2.75, 3.05) is 32.1 Å². The highest BCUT2D eigenvalue weighted by atomic mass is 19.1. The molecule has 1 amide bonds. The van der Waals surface area contributed by atoms with Crippen molar-refractivity contribution in [3.63, 3.8) is 0 Å². The van der Waals surface area contributed by atoms with Crippen LogP contribution in [0.15, 0.2) is 42.6 Å². The zero-order chi connectivity index (χ0) is 17.2. The number of aromatic nitrogens is 1. The lowest BCUT2D eigenvalue weighted by Gasteiger charge is -2.08. The second kappa shape index (κ2) is 9.62. The molecule has 0 unspecified atom stereocenters. The van der Waals surface area contributed by atoms with Crippen molar-refractivity contribution in [3.05, 3.63) is 59.5 Å². The lowest BCUT2D eigenvalue weighted by Crippen LogP contribution is -2.25. The number of halogens is 1. The number of hydrogen-bond acceptors (Lipinski definition) is 4. The van der Waals surface area contributed by atoms with Gasteiger partial charge in [0.05, 0.1) is 5.56 Å². The van der Waals surface area contributed by atoms with Gasteiger partial charge < -0.3 is 15.4 Å². The number of nitrogens with one attached hydrogen (secondary N) is 2. The predicted molar refractivity (Wildman–Crippen MR) is 91.7 cm³/mol. The average Bonchev–Trinajstić information content (AvgIpc) is 2.61. The van der Waals surface area contributed by atoms with Crippen LogP contribution in [0, 0.1) is 5.82 Å². The molecular formula is C18H22FN3O2. The summed E-state index contributed by atoms with van der Waals surface area (Å²) in [5.41, 5.74) is 1.17. The van der Waals surface area contributed by atoms with E-state index in [0.717, 1.165) is 6.42 Å². The van der Waals surface area contributed by atoms with Crippen molar-refractivity contribution in [1.82, 2.24) is 10.3 Å². The summed E-state index contributed by atoms with van der Waals surface area (Å²) in [6.07, 6.45) is 2.86. The summed E-state index contributed by atoms with van der Waals surface area (Å²) in [6, 6.07) is 10.2. The summed E-state index contributed by atoms with van der Waals surface area (Å²) in [4.78, 5) is 16.1. The van der Waals surface area contributed by atoms with Gasteiger partial charge in [0.15, 0.2) is 0 Å². The van der Waals surface area contributed by atoms with E-state index in [1.54, 1.807) is 31.4 Å². The molecule has 2 N–H and O–H groups in total. The highest BCUT2D eigenvalue weighted by molar-refractivity contribution is 5.94. The molecule has 1 aromatic heterocycles. The Balaban J connectivity index is 1.77. The number of methoxy groups -OCH3 is 1. The van der Waals surface area contributed by atoms with Crippen LogP contribution in [-0.4, -0.2) is 37.7 Å². The van der Waals surface area contributed by atoms with E-state index in [-0.39, 0.29) is 11.7 Å². The van der Waals surface area contributed by atoms with Crippen LogP contribution in [0.2, 0.25) is 0 Å². The van der Waals surface area contributed by atoms with Gasteiger partial charge in [-0.05, 0) is 36.6 Å². The molecule has 2 aromatic rings. The van der Waals surface area contributed by atoms with Gasteiger partial charge in [0.1, 0.15) is 11.6 Å². The molecule has 1 heterocycles. The van der Waals surface area contributed by atoms with Crippen molar-refractivity contribution in [2.24, 2.45) is 0 Å². The lowest BCUT2D eigenvalue weighted by atomic mass is 10.1. The number of benzene rings is 1. The van der Waals surface area contributed by atoms with Gasteiger partial charge in [0.25, 0.3) is 5.91 Å². The van der Waals surface area contributed by atoms with E-state index >= 15 is 0 Å². The zero-order valence-electron chi connectivity index (χ0n) is 13.7. The zero-order valence-corrected chi connectivity index (χ0v) is 13.7. The van der Waals surface area contributed by atoms with Crippen LogP contribution >= 0.6 is 0 Å². The van der Waals surface area contributed by atoms with Gasteiger partial charge in [-0.2, -0.15) is 0 Å². The van der Waals surface area contributed by atoms with Crippen LogP contribution in [0.25, 0.3) is 0 Å². The Morgan fingerprint density at radius 1 is 1.21 bits per heavy atom. The first-order valence-corrected chi connectivity index (χ1v) is 7.91. The Labute approximate surface area is 141 Å². The van der Waals surface area contributed by atoms with Crippen LogP contribution in [0.3, 0.4) is 0 Å². The third-order valence-corrected chi connectivity index (χ3v) is 3.49. The van der Waals surface area contributed by atoms with E-state index in [1.807, 2.05) is 6.07 Å². The van der Waals surface area contributed by atoms with Crippen molar-refractivity contribution in [2.45, 2.75) is 12.8 Å². The minimum absolute atomic E-state index is 0.156. The maximum absolute atomic E-state index is 13.5. The Bertz CT molecular complexity index is 647. The Morgan fingerprint density at radius 3 is 2.75 bits per heavy atom. The van der Waals surface area contributed by atoms with E-state index in [1.165, 1.54) is 12.3 Å². The van der Waals surface area contributed by atoms with E-state index in [0.29, 0.717) is 43.1 Å². The van der Waals surface area contributed by atoms with E-state index in [4.69, 9.17) is 4.74 Å². The SMILES string of the molecule is COCCCNC(=O)c1ccc(NCCc2ccccc2F)nc1. The second-order valence-electron chi connectivity index (χ2n) is 5.30. The molecule has 0 radical (unpaired) electrons. The summed E-state index contributed by atoms with van der Waals surface area (Å²) in [7, 11) is 1.63. The maximum Gasteiger partial charge on any atom is 0.252 e. The van der Waals surface area contributed by atoms with Gasteiger partial charge in [0.2, 0.25) is 0 Å². The normalized spacial score (nSPS) is 10.4. The molecule has 0 spiro atoms. The first kappa shape index (κ1) is 17.9. The van der Waals surface area contributed by atoms with Crippen molar-refractivity contribution in [3.8, 4) is 0 Å². The minimum atomic E-state index is -0.201. The van der Waals surface area contributed by atoms with E-state index in [9.17, 15) is 9.18 Å². The highest BCUT2D eigenvalue weighted by Gasteiger charge is 2.06. The van der Waals surface area contributed by atoms with Crippen molar-refractivity contribution >= 4 is 11.7 Å². The summed E-state index contributed by atoms with van der Waals surface area (Å²) >= 11 is 0. The van der Waals surface area contributed by atoms with Crippen molar-refractivity contribution < 1.29 is 13.9 Å². The molecule has 0 saturated heterocycles. The molecule has 0 bridgehead atoms. The van der Waals surface area contributed by atoms with Gasteiger partial charge >= 0.3 is 0 Å². The molecule has 0 aliphatic carbocycles. The lowest BCUT2D eigenvalue weighted by molar-refractivity contribution is 0.0948. The summed E-state index contributed by atoms with van der Waals surface area (Å²) in [6.45, 7) is 1.75. The third-order valence-electron chi connectivity index (χ3n) is 3.49. The van der Waals surface area contributed by atoms with Crippen LogP contribution in [0.4, 0.5) is 10.2 Å². The molecule has 2 rings (SSSR count). The summed E-state index contributed by atoms with van der Waals surface area (Å²) in [5, 5.41) is 5.92. The van der Waals surface area contributed by atoms with Crippen LogP contribution in [0.1, 0.15) is 22.3 Å². The van der Waals surface area contributed by atoms with Crippen LogP contribution < -0.4 is 10.6 Å². The number of hydrogen-bond donors (Lipinski definition) is 2. The smallest absolute Gasteiger partial charge is 0.252 e. The molecular weight excluding hydrogens is 309 g/mol. The predicted octanol–water partition coefficient (Wildman–Crippen LogP) is 2.64. The molecule has 1 aromatic carbocycles. The molecule has 128 valence electrons. The number of nitrogens with zero attached hydrogens (tertiary/aromatic N) is 1. The average molecular weight is 331 g/mol. The largest absolute Gasteiger partial charge is 0.385 e. The first-order chi connectivity index (χ1) is 11.7. The fourth-order valence-corrected chi connectivity index (χ4v) is 2.18. The topological polar surface area (TPSA) is 63.2 Å². The Hall–Kier alpha value is -2.47. The quantitative estimate of drug-likeness (QED) is 0.694. The fraction of sp³-hybridized carbons (Fsp3) is 0.333. The van der Waals surface area contributed by atoms with Crippen LogP contribution in [0.5, 0.6) is 0 Å². The molecule has 0 fully saturated rings. The Morgan fingerprint density at radius 2 is 2.04 bits per heavy atom. The van der Waals surface area contributed by atoms with Crippen LogP contribution in [-0.2, 0) is 11.2 Å². The molecule has 0 aliphatic heterocycles. The minimum Gasteiger partial charge on any atom is -0.385 e. The van der Waals surface area contributed by atoms with E-state index in [2.05, 4.69) is 15.6 Å². The standard InChI is InChI=1S/C18H22FN3O2/c1-24-12-4-10-21-18(23)15-7-8-17(22-13-15)20-11-9-14-5-2-3-6-16(14)19/h2-3,5-8,13H,4,9-12H2,1H3,(H,20,22)(H,21,23). The summed E-state index contributed by atoms with van der Waals surface area (Å²) < 4.78 is 18.4. The second-order valence-corrected chi connectivity index (χ2v) is 5.30. The van der Waals surface area contributed by atoms with Gasteiger partial charge in [-0.25, -0.2) is 9.37 Å². The number of rotatable bonds is 9.